The van der Waals surface area contributed by atoms with Crippen LogP contribution >= 0.6 is 15.9 Å². The quantitative estimate of drug-likeness (QED) is 0.526. The van der Waals surface area contributed by atoms with E-state index in [1.807, 2.05) is 0 Å². The summed E-state index contributed by atoms with van der Waals surface area (Å²) >= 11 is 3.14. The predicted octanol–water partition coefficient (Wildman–Crippen LogP) is 1.63. The highest BCUT2D eigenvalue weighted by Gasteiger charge is 2.17. The molecule has 150 valence electrons. The maximum atomic E-state index is 12.0. The minimum absolute atomic E-state index is 0.0123. The molecule has 0 aliphatic heterocycles. The van der Waals surface area contributed by atoms with Crippen LogP contribution in [0.1, 0.15) is 21.5 Å². The van der Waals surface area contributed by atoms with Crippen molar-refractivity contribution in [2.24, 2.45) is 5.14 Å². The minimum Gasteiger partial charge on any atom is -0.506 e. The summed E-state index contributed by atoms with van der Waals surface area (Å²) in [5.74, 6) is -1.56. The van der Waals surface area contributed by atoms with Gasteiger partial charge in [-0.25, -0.2) is 18.4 Å². The Hall–Kier alpha value is -2.43. The first-order valence-electron chi connectivity index (χ1n) is 8.12. The fourth-order valence-corrected chi connectivity index (χ4v) is 3.43. The third kappa shape index (κ3) is 6.04. The number of primary sulfonamides is 1. The van der Waals surface area contributed by atoms with Crippen LogP contribution in [0, 0.1) is 6.92 Å². The number of carbonyl (C=O) groups excluding carboxylic acids is 2. The fourth-order valence-electron chi connectivity index (χ4n) is 2.34. The van der Waals surface area contributed by atoms with Gasteiger partial charge >= 0.3 is 5.97 Å². The van der Waals surface area contributed by atoms with Crippen LogP contribution in [0.5, 0.6) is 5.75 Å². The Bertz CT molecular complexity index is 990. The van der Waals surface area contributed by atoms with Crippen LogP contribution in [0.2, 0.25) is 0 Å². The number of amides is 1. The number of rotatable bonds is 7. The van der Waals surface area contributed by atoms with Gasteiger partial charge < -0.3 is 15.2 Å². The summed E-state index contributed by atoms with van der Waals surface area (Å²) in [5, 5.41) is 17.5. The van der Waals surface area contributed by atoms with E-state index < -0.39 is 28.5 Å². The van der Waals surface area contributed by atoms with E-state index in [4.69, 9.17) is 9.88 Å². The van der Waals surface area contributed by atoms with Crippen molar-refractivity contribution in [3.63, 3.8) is 0 Å². The Balaban J connectivity index is 1.81. The topological polar surface area (TPSA) is 136 Å². The molecule has 0 saturated carbocycles. The van der Waals surface area contributed by atoms with Gasteiger partial charge in [0.25, 0.3) is 5.91 Å². The average molecular weight is 471 g/mol. The fraction of sp³-hybridized carbons (Fsp3) is 0.222. The molecular formula is C18H19BrN2O6S. The number of nitrogens with two attached hydrogens (primary N) is 1. The summed E-state index contributed by atoms with van der Waals surface area (Å²) in [5.41, 5.74) is 1.52. The lowest BCUT2D eigenvalue weighted by atomic mass is 10.1. The number of ether oxygens (including phenoxy) is 1. The number of nitrogens with one attached hydrogen (secondary N) is 1. The van der Waals surface area contributed by atoms with Crippen molar-refractivity contribution in [1.82, 2.24) is 5.32 Å². The molecule has 1 amide bonds. The van der Waals surface area contributed by atoms with Gasteiger partial charge in [0.05, 0.1) is 9.37 Å². The molecule has 0 aromatic heterocycles. The molecule has 0 aliphatic carbocycles. The van der Waals surface area contributed by atoms with E-state index in [0.29, 0.717) is 10.9 Å². The number of aromatic hydroxyl groups is 1. The van der Waals surface area contributed by atoms with Crippen LogP contribution in [0.25, 0.3) is 0 Å². The predicted molar refractivity (Wildman–Crippen MR) is 105 cm³/mol. The van der Waals surface area contributed by atoms with Gasteiger partial charge in [-0.2, -0.15) is 0 Å². The largest absolute Gasteiger partial charge is 0.506 e. The first-order chi connectivity index (χ1) is 13.1. The highest BCUT2D eigenvalue weighted by atomic mass is 79.9. The zero-order valence-corrected chi connectivity index (χ0v) is 17.3. The number of esters is 1. The molecule has 10 heteroatoms. The zero-order valence-electron chi connectivity index (χ0n) is 14.9. The van der Waals surface area contributed by atoms with Gasteiger partial charge in [0.2, 0.25) is 10.0 Å². The van der Waals surface area contributed by atoms with Crippen molar-refractivity contribution in [1.29, 1.82) is 0 Å². The number of hydrogen-bond acceptors (Lipinski definition) is 6. The number of carbonyl (C=O) groups is 2. The standard InChI is InChI=1S/C18H19BrN2O6S/c1-11-8-14(17(23)15(19)9-11)18(24)27-10-16(22)21-7-6-12-2-4-13(5-3-12)28(20,25)26/h2-5,8-9,23H,6-7,10H2,1H3,(H,21,22)(H2,20,25,26). The van der Waals surface area contributed by atoms with Gasteiger partial charge in [-0.15, -0.1) is 0 Å². The monoisotopic (exact) mass is 470 g/mol. The van der Waals surface area contributed by atoms with E-state index in [2.05, 4.69) is 21.2 Å². The van der Waals surface area contributed by atoms with Crippen molar-refractivity contribution in [3.05, 3.63) is 57.6 Å². The molecular weight excluding hydrogens is 452 g/mol. The highest BCUT2D eigenvalue weighted by Crippen LogP contribution is 2.29. The van der Waals surface area contributed by atoms with Crippen LogP contribution < -0.4 is 10.5 Å². The van der Waals surface area contributed by atoms with E-state index in [-0.39, 0.29) is 22.8 Å². The summed E-state index contributed by atoms with van der Waals surface area (Å²) < 4.78 is 27.7. The Morgan fingerprint density at radius 2 is 1.86 bits per heavy atom. The molecule has 0 spiro atoms. The summed E-state index contributed by atoms with van der Waals surface area (Å²) in [4.78, 5) is 23.9. The summed E-state index contributed by atoms with van der Waals surface area (Å²) in [6, 6.07) is 9.09. The maximum Gasteiger partial charge on any atom is 0.342 e. The molecule has 0 radical (unpaired) electrons. The molecule has 0 atom stereocenters. The van der Waals surface area contributed by atoms with Crippen LogP contribution in [0.3, 0.4) is 0 Å². The van der Waals surface area contributed by atoms with Crippen LogP contribution in [-0.2, 0) is 26.0 Å². The molecule has 8 nitrogen and oxygen atoms in total. The average Bonchev–Trinajstić information content (AvgIpc) is 2.62. The summed E-state index contributed by atoms with van der Waals surface area (Å²) in [6.07, 6.45) is 0.455. The van der Waals surface area contributed by atoms with Gasteiger partial charge in [0.1, 0.15) is 11.3 Å². The number of benzene rings is 2. The van der Waals surface area contributed by atoms with Crippen molar-refractivity contribution >= 4 is 37.8 Å². The lowest BCUT2D eigenvalue weighted by molar-refractivity contribution is -0.124. The lowest BCUT2D eigenvalue weighted by Crippen LogP contribution is -2.30. The molecule has 28 heavy (non-hydrogen) atoms. The van der Waals surface area contributed by atoms with E-state index in [0.717, 1.165) is 11.1 Å². The van der Waals surface area contributed by atoms with E-state index in [9.17, 15) is 23.1 Å². The molecule has 4 N–H and O–H groups in total. The number of aryl methyl sites for hydroxylation is 1. The molecule has 0 fully saturated rings. The molecule has 2 aromatic carbocycles. The van der Waals surface area contributed by atoms with Gasteiger partial charge in [-0.05, 0) is 64.7 Å². The Labute approximate surface area is 170 Å². The number of halogens is 1. The van der Waals surface area contributed by atoms with Crippen LogP contribution in [0.15, 0.2) is 45.8 Å². The Morgan fingerprint density at radius 1 is 1.21 bits per heavy atom. The third-order valence-electron chi connectivity index (χ3n) is 3.75. The maximum absolute atomic E-state index is 12.0. The van der Waals surface area contributed by atoms with Gasteiger partial charge in [0.15, 0.2) is 6.61 Å². The third-order valence-corrected chi connectivity index (χ3v) is 5.28. The smallest absolute Gasteiger partial charge is 0.342 e. The van der Waals surface area contributed by atoms with Crippen molar-refractivity contribution in [2.45, 2.75) is 18.2 Å². The lowest BCUT2D eigenvalue weighted by Gasteiger charge is -2.09. The molecule has 2 rings (SSSR count). The first-order valence-corrected chi connectivity index (χ1v) is 10.5. The SMILES string of the molecule is Cc1cc(Br)c(O)c(C(=O)OCC(=O)NCCc2ccc(S(N)(=O)=O)cc2)c1. The summed E-state index contributed by atoms with van der Waals surface area (Å²) in [7, 11) is -3.74. The Morgan fingerprint density at radius 3 is 2.46 bits per heavy atom. The van der Waals surface area contributed by atoms with E-state index in [1.165, 1.54) is 18.2 Å². The Kier molecular flexibility index (Phi) is 7.17. The highest BCUT2D eigenvalue weighted by molar-refractivity contribution is 9.10. The molecule has 2 aromatic rings. The molecule has 0 bridgehead atoms. The van der Waals surface area contributed by atoms with Gasteiger partial charge in [0, 0.05) is 6.54 Å². The number of hydrogen-bond donors (Lipinski definition) is 3. The number of phenolic OH excluding ortho intramolecular Hbond substituents is 1. The molecule has 0 heterocycles. The minimum atomic E-state index is -3.74. The second-order valence-corrected chi connectivity index (χ2v) is 8.42. The van der Waals surface area contributed by atoms with Gasteiger partial charge in [-0.1, -0.05) is 12.1 Å². The van der Waals surface area contributed by atoms with Gasteiger partial charge in [-0.3, -0.25) is 4.79 Å². The van der Waals surface area contributed by atoms with Crippen molar-refractivity contribution < 1.29 is 27.9 Å². The zero-order chi connectivity index (χ0) is 20.9. The normalized spacial score (nSPS) is 11.1. The molecule has 0 saturated heterocycles. The summed E-state index contributed by atoms with van der Waals surface area (Å²) in [6.45, 7) is 1.53. The van der Waals surface area contributed by atoms with Crippen LogP contribution in [-0.4, -0.2) is 38.6 Å². The number of sulfonamides is 1. The second kappa shape index (κ2) is 9.18. The second-order valence-electron chi connectivity index (χ2n) is 6.01. The van der Waals surface area contributed by atoms with E-state index >= 15 is 0 Å². The number of phenols is 1. The molecule has 0 aliphatic rings. The first kappa shape index (κ1) is 21.9. The van der Waals surface area contributed by atoms with Crippen LogP contribution in [0.4, 0.5) is 0 Å². The van der Waals surface area contributed by atoms with Crippen molar-refractivity contribution in [2.75, 3.05) is 13.2 Å². The van der Waals surface area contributed by atoms with Crippen molar-refractivity contribution in [3.8, 4) is 5.75 Å². The van der Waals surface area contributed by atoms with E-state index in [1.54, 1.807) is 25.1 Å². The molecule has 0 unspecified atom stereocenters.